The Kier molecular flexibility index (Phi) is 4.15. The van der Waals surface area contributed by atoms with E-state index in [1.807, 2.05) is 0 Å². The summed E-state index contributed by atoms with van der Waals surface area (Å²) in [7, 11) is 0. The van der Waals surface area contributed by atoms with Crippen LogP contribution in [0.15, 0.2) is 18.2 Å². The Hall–Kier alpha value is -2.28. The number of nitrogens with one attached hydrogen (secondary N) is 2. The van der Waals surface area contributed by atoms with E-state index in [2.05, 4.69) is 5.32 Å². The van der Waals surface area contributed by atoms with Gasteiger partial charge in [0.15, 0.2) is 5.96 Å². The quantitative estimate of drug-likeness (QED) is 0.412. The highest BCUT2D eigenvalue weighted by Gasteiger charge is 2.33. The number of fused-ring (bicyclic) bond motifs is 2. The topological polar surface area (TPSA) is 107 Å². The predicted octanol–water partition coefficient (Wildman–Crippen LogP) is 1.48. The van der Waals surface area contributed by atoms with Crippen LogP contribution >= 0.6 is 0 Å². The zero-order chi connectivity index (χ0) is 15.5. The molecule has 0 saturated heterocycles. The summed E-state index contributed by atoms with van der Waals surface area (Å²) in [5.41, 5.74) is 6.26. The van der Waals surface area contributed by atoms with Gasteiger partial charge in [0.25, 0.3) is 0 Å². The van der Waals surface area contributed by atoms with E-state index in [1.54, 1.807) is 18.2 Å². The van der Waals surface area contributed by atoms with Gasteiger partial charge in [-0.25, -0.2) is 4.79 Å². The lowest BCUT2D eigenvalue weighted by molar-refractivity contribution is -0.0468. The van der Waals surface area contributed by atoms with Crippen LogP contribution in [0.5, 0.6) is 5.75 Å². The van der Waals surface area contributed by atoms with Crippen LogP contribution in [0.1, 0.15) is 29.6 Å². The van der Waals surface area contributed by atoms with Crippen molar-refractivity contribution in [2.24, 2.45) is 5.73 Å². The molecule has 2 aliphatic rings. The minimum atomic E-state index is -0.410. The lowest BCUT2D eigenvalue weighted by Gasteiger charge is -2.23. The number of carbonyl (C=O) groups is 1. The fourth-order valence-electron chi connectivity index (χ4n) is 2.81. The molecule has 0 radical (unpaired) electrons. The number of guanidine groups is 1. The summed E-state index contributed by atoms with van der Waals surface area (Å²) in [6.45, 7) is 0.801. The van der Waals surface area contributed by atoms with Crippen molar-refractivity contribution >= 4 is 17.6 Å². The van der Waals surface area contributed by atoms with Crippen molar-refractivity contribution in [2.45, 2.75) is 31.5 Å². The lowest BCUT2D eigenvalue weighted by Crippen LogP contribution is -2.31. The van der Waals surface area contributed by atoms with Crippen LogP contribution in [0, 0.1) is 5.41 Å². The van der Waals surface area contributed by atoms with Crippen molar-refractivity contribution < 1.29 is 19.0 Å². The number of carbonyl (C=O) groups excluding carboxylic acids is 1. The summed E-state index contributed by atoms with van der Waals surface area (Å²) in [5.74, 6) is -0.192. The molecule has 0 amide bonds. The number of hydrogen-bond acceptors (Lipinski definition) is 5. The molecule has 0 bridgehead atoms. The number of hydrogen-bond donors (Lipinski definition) is 3. The maximum absolute atomic E-state index is 12.4. The molecule has 4 N–H and O–H groups in total. The summed E-state index contributed by atoms with van der Waals surface area (Å²) in [6, 6.07) is 4.92. The molecule has 1 aliphatic carbocycles. The first-order valence-electron chi connectivity index (χ1n) is 7.34. The number of ether oxygens (including phenoxy) is 3. The third-order valence-electron chi connectivity index (χ3n) is 3.80. The van der Waals surface area contributed by atoms with Crippen LogP contribution in [0.25, 0.3) is 0 Å². The monoisotopic (exact) mass is 305 g/mol. The van der Waals surface area contributed by atoms with Gasteiger partial charge in [0.2, 0.25) is 0 Å². The fourth-order valence-corrected chi connectivity index (χ4v) is 2.81. The molecule has 118 valence electrons. The molecule has 1 aliphatic heterocycles. The summed E-state index contributed by atoms with van der Waals surface area (Å²) in [5, 5.41) is 9.92. The normalized spacial score (nSPS) is 24.5. The third kappa shape index (κ3) is 3.14. The molecule has 1 fully saturated rings. The van der Waals surface area contributed by atoms with Gasteiger partial charge in [-0.15, -0.1) is 0 Å². The van der Waals surface area contributed by atoms with Crippen LogP contribution in [0.4, 0.5) is 5.69 Å². The van der Waals surface area contributed by atoms with E-state index in [1.165, 1.54) is 0 Å². The first-order chi connectivity index (χ1) is 10.6. The first-order valence-corrected chi connectivity index (χ1v) is 7.34. The molecule has 1 aromatic rings. The Bertz CT molecular complexity index is 590. The first kappa shape index (κ1) is 14.6. The summed E-state index contributed by atoms with van der Waals surface area (Å²) in [6.07, 6.45) is 2.52. The van der Waals surface area contributed by atoms with Crippen LogP contribution in [0.3, 0.4) is 0 Å². The predicted molar refractivity (Wildman–Crippen MR) is 80.3 cm³/mol. The molecule has 7 heteroatoms. The van der Waals surface area contributed by atoms with Crippen molar-refractivity contribution in [2.75, 3.05) is 18.5 Å². The largest absolute Gasteiger partial charge is 0.490 e. The fraction of sp³-hybridized carbons (Fsp3) is 0.467. The van der Waals surface area contributed by atoms with Crippen LogP contribution in [-0.4, -0.2) is 37.4 Å². The molecule has 3 rings (SSSR count). The van der Waals surface area contributed by atoms with E-state index in [0.717, 1.165) is 19.3 Å². The molecule has 1 aromatic carbocycles. The van der Waals surface area contributed by atoms with E-state index < -0.39 is 5.97 Å². The maximum atomic E-state index is 12.4. The average Bonchev–Trinajstić information content (AvgIpc) is 2.90. The van der Waals surface area contributed by atoms with Gasteiger partial charge in [-0.05, 0) is 31.4 Å². The molecule has 2 atom stereocenters. The van der Waals surface area contributed by atoms with E-state index in [0.29, 0.717) is 30.2 Å². The van der Waals surface area contributed by atoms with Gasteiger partial charge in [0.1, 0.15) is 24.0 Å². The van der Waals surface area contributed by atoms with E-state index in [-0.39, 0.29) is 18.2 Å². The number of benzene rings is 1. The average molecular weight is 305 g/mol. The van der Waals surface area contributed by atoms with Crippen molar-refractivity contribution in [3.63, 3.8) is 0 Å². The van der Waals surface area contributed by atoms with Gasteiger partial charge in [-0.1, -0.05) is 0 Å². The smallest absolute Gasteiger partial charge is 0.342 e. The second kappa shape index (κ2) is 6.23. The molecule has 22 heavy (non-hydrogen) atoms. The van der Waals surface area contributed by atoms with E-state index in [9.17, 15) is 4.79 Å². The minimum Gasteiger partial charge on any atom is -0.490 e. The molecule has 1 heterocycles. The second-order valence-corrected chi connectivity index (χ2v) is 5.38. The highest BCUT2D eigenvalue weighted by molar-refractivity contribution is 5.95. The second-order valence-electron chi connectivity index (χ2n) is 5.38. The van der Waals surface area contributed by atoms with Crippen LogP contribution < -0.4 is 15.8 Å². The van der Waals surface area contributed by atoms with Crippen molar-refractivity contribution in [1.82, 2.24) is 0 Å². The molecular weight excluding hydrogens is 286 g/mol. The molecule has 1 unspecified atom stereocenters. The Labute approximate surface area is 128 Å². The van der Waals surface area contributed by atoms with Gasteiger partial charge in [-0.2, -0.15) is 0 Å². The van der Waals surface area contributed by atoms with Gasteiger partial charge in [0, 0.05) is 11.8 Å². The SMILES string of the molecule is N=C(N)Nc1ccc2c(c1)OCCO[C@@H]1CCCC1OC2=O. The molecule has 0 aromatic heterocycles. The zero-order valence-electron chi connectivity index (χ0n) is 12.1. The molecular formula is C15H19N3O4. The Morgan fingerprint density at radius 2 is 2.09 bits per heavy atom. The van der Waals surface area contributed by atoms with Crippen LogP contribution in [-0.2, 0) is 9.47 Å². The lowest BCUT2D eigenvalue weighted by atomic mass is 10.1. The van der Waals surface area contributed by atoms with Gasteiger partial charge in [0.05, 0.1) is 12.7 Å². The van der Waals surface area contributed by atoms with Gasteiger partial charge >= 0.3 is 5.97 Å². The van der Waals surface area contributed by atoms with E-state index in [4.69, 9.17) is 25.4 Å². The zero-order valence-corrected chi connectivity index (χ0v) is 12.1. The minimum absolute atomic E-state index is 0.0345. The van der Waals surface area contributed by atoms with Gasteiger partial charge in [-0.3, -0.25) is 5.41 Å². The number of nitrogens with two attached hydrogens (primary N) is 1. The number of rotatable bonds is 1. The van der Waals surface area contributed by atoms with Gasteiger partial charge < -0.3 is 25.3 Å². The number of esters is 1. The van der Waals surface area contributed by atoms with Crippen molar-refractivity contribution in [1.29, 1.82) is 5.41 Å². The molecule has 1 saturated carbocycles. The molecule has 7 nitrogen and oxygen atoms in total. The standard InChI is InChI=1S/C15H19N3O4/c16-15(17)18-9-4-5-10-13(8-9)21-7-6-20-11-2-1-3-12(11)22-14(10)19/h4-5,8,11-12H,1-3,6-7H2,(H4,16,17,18)/t11-,12?/m1/s1. The molecule has 0 spiro atoms. The highest BCUT2D eigenvalue weighted by atomic mass is 16.6. The van der Waals surface area contributed by atoms with Crippen molar-refractivity contribution in [3.05, 3.63) is 23.8 Å². The highest BCUT2D eigenvalue weighted by Crippen LogP contribution is 2.30. The Morgan fingerprint density at radius 1 is 1.27 bits per heavy atom. The summed E-state index contributed by atoms with van der Waals surface area (Å²) < 4.78 is 16.9. The Balaban J connectivity index is 1.86. The Morgan fingerprint density at radius 3 is 2.91 bits per heavy atom. The summed E-state index contributed by atoms with van der Waals surface area (Å²) >= 11 is 0. The van der Waals surface area contributed by atoms with E-state index >= 15 is 0 Å². The maximum Gasteiger partial charge on any atom is 0.342 e. The number of anilines is 1. The third-order valence-corrected chi connectivity index (χ3v) is 3.80. The van der Waals surface area contributed by atoms with Crippen LogP contribution in [0.2, 0.25) is 0 Å². The van der Waals surface area contributed by atoms with Crippen molar-refractivity contribution in [3.8, 4) is 5.75 Å². The summed E-state index contributed by atoms with van der Waals surface area (Å²) in [4.78, 5) is 12.4.